The zero-order valence-electron chi connectivity index (χ0n) is 16.5. The topological polar surface area (TPSA) is 67.9 Å². The van der Waals surface area contributed by atoms with Gasteiger partial charge >= 0.3 is 0 Å². The highest BCUT2D eigenvalue weighted by Crippen LogP contribution is 2.36. The molecular weight excluding hydrogens is 574 g/mol. The Morgan fingerprint density at radius 2 is 1.84 bits per heavy atom. The Balaban J connectivity index is 2.06. The predicted molar refractivity (Wildman–Crippen MR) is 134 cm³/mol. The number of hydrogen-bond acceptors (Lipinski definition) is 5. The molecule has 1 N–H and O–H groups in total. The molecule has 1 aliphatic heterocycles. The smallest absolute Gasteiger partial charge is 0.270 e. The van der Waals surface area contributed by atoms with Crippen molar-refractivity contribution in [3.63, 3.8) is 0 Å². The van der Waals surface area contributed by atoms with Crippen LogP contribution in [0.3, 0.4) is 0 Å². The number of benzene rings is 2. The lowest BCUT2D eigenvalue weighted by Gasteiger charge is -2.29. The Morgan fingerprint density at radius 3 is 2.48 bits per heavy atom. The van der Waals surface area contributed by atoms with Crippen molar-refractivity contribution in [2.75, 3.05) is 18.1 Å². The molecule has 2 aromatic carbocycles. The van der Waals surface area contributed by atoms with Crippen LogP contribution in [0.5, 0.6) is 11.5 Å². The van der Waals surface area contributed by atoms with Gasteiger partial charge < -0.3 is 9.47 Å². The van der Waals surface area contributed by atoms with Crippen molar-refractivity contribution in [1.29, 1.82) is 0 Å². The predicted octanol–water partition coefficient (Wildman–Crippen LogP) is 5.23. The van der Waals surface area contributed by atoms with Crippen LogP contribution >= 0.6 is 58.0 Å². The van der Waals surface area contributed by atoms with Gasteiger partial charge in [-0.05, 0) is 90.6 Å². The fourth-order valence-corrected chi connectivity index (χ4v) is 4.47. The van der Waals surface area contributed by atoms with E-state index in [2.05, 4.69) is 27.9 Å². The molecular formula is C21H17Cl2IN2O4S. The summed E-state index contributed by atoms with van der Waals surface area (Å²) in [5.74, 6) is -0.0554. The molecule has 2 aromatic rings. The van der Waals surface area contributed by atoms with E-state index in [9.17, 15) is 9.59 Å². The average Bonchev–Trinajstić information content (AvgIpc) is 2.69. The second-order valence-corrected chi connectivity index (χ2v) is 8.64. The van der Waals surface area contributed by atoms with Crippen LogP contribution in [0.2, 0.25) is 10.0 Å². The molecule has 1 fully saturated rings. The number of ether oxygens (including phenoxy) is 2. The first-order chi connectivity index (χ1) is 14.8. The number of anilines is 1. The average molecular weight is 591 g/mol. The molecule has 0 radical (unpaired) electrons. The van der Waals surface area contributed by atoms with Gasteiger partial charge in [0.25, 0.3) is 11.8 Å². The van der Waals surface area contributed by atoms with Crippen LogP contribution in [0.4, 0.5) is 5.69 Å². The highest BCUT2D eigenvalue weighted by atomic mass is 127. The van der Waals surface area contributed by atoms with Crippen molar-refractivity contribution in [3.8, 4) is 11.5 Å². The van der Waals surface area contributed by atoms with Crippen LogP contribution in [-0.4, -0.2) is 30.1 Å². The van der Waals surface area contributed by atoms with Gasteiger partial charge in [0.05, 0.1) is 27.5 Å². The van der Waals surface area contributed by atoms with Crippen molar-refractivity contribution in [2.45, 2.75) is 13.8 Å². The number of nitrogens with zero attached hydrogens (tertiary/aromatic N) is 1. The number of carbonyl (C=O) groups is 2. The summed E-state index contributed by atoms with van der Waals surface area (Å²) in [6.45, 7) is 4.66. The quantitative estimate of drug-likeness (QED) is 0.216. The molecule has 0 unspecified atom stereocenters. The van der Waals surface area contributed by atoms with Crippen molar-refractivity contribution >= 4 is 86.7 Å². The van der Waals surface area contributed by atoms with Crippen LogP contribution in [0.15, 0.2) is 35.9 Å². The summed E-state index contributed by atoms with van der Waals surface area (Å²) < 4.78 is 12.1. The molecule has 0 bridgehead atoms. The van der Waals surface area contributed by atoms with E-state index in [1.54, 1.807) is 24.3 Å². The Bertz CT molecular complexity index is 1110. The fourth-order valence-electron chi connectivity index (χ4n) is 2.92. The van der Waals surface area contributed by atoms with Crippen molar-refractivity contribution in [2.24, 2.45) is 0 Å². The van der Waals surface area contributed by atoms with Crippen LogP contribution in [0.25, 0.3) is 6.08 Å². The number of thiocarbonyl (C=S) groups is 1. The van der Waals surface area contributed by atoms with Gasteiger partial charge in [-0.1, -0.05) is 23.2 Å². The lowest BCUT2D eigenvalue weighted by atomic mass is 10.1. The summed E-state index contributed by atoms with van der Waals surface area (Å²) in [6.07, 6.45) is 1.48. The van der Waals surface area contributed by atoms with Crippen LogP contribution in [-0.2, 0) is 9.59 Å². The van der Waals surface area contributed by atoms with Crippen LogP contribution < -0.4 is 19.7 Å². The Kier molecular flexibility index (Phi) is 7.79. The first kappa shape index (κ1) is 23.8. The van der Waals surface area contributed by atoms with Crippen LogP contribution in [0, 0.1) is 3.57 Å². The maximum Gasteiger partial charge on any atom is 0.270 e. The number of carbonyl (C=O) groups excluding carboxylic acids is 2. The SMILES string of the molecule is CCOc1cc(/C=C2\C(=O)NC(=S)N(c3ccc(Cl)cc3Cl)C2=O)cc(I)c1OCC. The zero-order chi connectivity index (χ0) is 22.7. The standard InChI is InChI=1S/C21H17Cl2IN2O4S/c1-3-29-17-9-11(8-15(24)18(17)30-4-2)7-13-19(27)25-21(31)26(20(13)28)16-6-5-12(22)10-14(16)23/h5-10H,3-4H2,1-2H3,(H,25,27,31)/b13-7+. The zero-order valence-corrected chi connectivity index (χ0v) is 21.0. The number of rotatable bonds is 6. The summed E-state index contributed by atoms with van der Waals surface area (Å²) in [6, 6.07) is 8.17. The number of halogens is 3. The lowest BCUT2D eigenvalue weighted by molar-refractivity contribution is -0.122. The molecule has 3 rings (SSSR count). The van der Waals surface area contributed by atoms with Gasteiger partial charge in [0.1, 0.15) is 5.57 Å². The maximum atomic E-state index is 13.2. The summed E-state index contributed by atoms with van der Waals surface area (Å²) >= 11 is 19.5. The van der Waals surface area contributed by atoms with Gasteiger partial charge in [-0.2, -0.15) is 0 Å². The second kappa shape index (κ2) is 10.2. The summed E-state index contributed by atoms with van der Waals surface area (Å²) in [5, 5.41) is 3.12. The minimum atomic E-state index is -0.599. The van der Waals surface area contributed by atoms with Gasteiger partial charge in [-0.15, -0.1) is 0 Å². The number of hydrogen-bond donors (Lipinski definition) is 1. The molecule has 0 saturated carbocycles. The minimum absolute atomic E-state index is 0.0624. The summed E-state index contributed by atoms with van der Waals surface area (Å²) in [5.41, 5.74) is 0.829. The van der Waals surface area contributed by atoms with Gasteiger partial charge in [0.2, 0.25) is 0 Å². The van der Waals surface area contributed by atoms with E-state index in [0.717, 1.165) is 3.57 Å². The number of nitrogens with one attached hydrogen (secondary N) is 1. The van der Waals surface area contributed by atoms with Crippen molar-refractivity contribution < 1.29 is 19.1 Å². The molecule has 31 heavy (non-hydrogen) atoms. The Labute approximate surface area is 208 Å². The number of amides is 2. The van der Waals surface area contributed by atoms with E-state index in [4.69, 9.17) is 44.9 Å². The minimum Gasteiger partial charge on any atom is -0.490 e. The van der Waals surface area contributed by atoms with Gasteiger partial charge in [0, 0.05) is 5.02 Å². The highest BCUT2D eigenvalue weighted by molar-refractivity contribution is 14.1. The third-order valence-corrected chi connectivity index (χ3v) is 5.81. The highest BCUT2D eigenvalue weighted by Gasteiger charge is 2.35. The van der Waals surface area contributed by atoms with E-state index >= 15 is 0 Å². The fraction of sp³-hybridized carbons (Fsp3) is 0.190. The maximum absolute atomic E-state index is 13.2. The summed E-state index contributed by atoms with van der Waals surface area (Å²) in [4.78, 5) is 27.0. The molecule has 0 atom stereocenters. The molecule has 1 saturated heterocycles. The molecule has 1 heterocycles. The van der Waals surface area contributed by atoms with Gasteiger partial charge in [-0.3, -0.25) is 19.8 Å². The molecule has 6 nitrogen and oxygen atoms in total. The van der Waals surface area contributed by atoms with E-state index in [-0.39, 0.29) is 15.7 Å². The second-order valence-electron chi connectivity index (χ2n) is 6.25. The van der Waals surface area contributed by atoms with E-state index in [0.29, 0.717) is 41.0 Å². The van der Waals surface area contributed by atoms with E-state index < -0.39 is 11.8 Å². The molecule has 162 valence electrons. The van der Waals surface area contributed by atoms with E-state index in [1.165, 1.54) is 17.0 Å². The molecule has 0 spiro atoms. The molecule has 0 aromatic heterocycles. The molecule has 0 aliphatic carbocycles. The summed E-state index contributed by atoms with van der Waals surface area (Å²) in [7, 11) is 0. The third-order valence-electron chi connectivity index (χ3n) is 4.18. The first-order valence-electron chi connectivity index (χ1n) is 9.22. The van der Waals surface area contributed by atoms with Gasteiger partial charge in [-0.25, -0.2) is 0 Å². The molecule has 1 aliphatic rings. The Hall–Kier alpha value is -1.88. The third kappa shape index (κ3) is 5.14. The largest absolute Gasteiger partial charge is 0.490 e. The molecule has 10 heteroatoms. The van der Waals surface area contributed by atoms with Crippen molar-refractivity contribution in [1.82, 2.24) is 5.32 Å². The molecule has 2 amide bonds. The van der Waals surface area contributed by atoms with Crippen molar-refractivity contribution in [3.05, 3.63) is 55.1 Å². The first-order valence-corrected chi connectivity index (χ1v) is 11.5. The van der Waals surface area contributed by atoms with E-state index in [1.807, 2.05) is 13.8 Å². The van der Waals surface area contributed by atoms with Crippen LogP contribution in [0.1, 0.15) is 19.4 Å². The monoisotopic (exact) mass is 590 g/mol. The Morgan fingerprint density at radius 1 is 1.13 bits per heavy atom. The van der Waals surface area contributed by atoms with Gasteiger partial charge in [0.15, 0.2) is 16.6 Å². The normalized spacial score (nSPS) is 15.3. The lowest BCUT2D eigenvalue weighted by Crippen LogP contribution is -2.54.